The minimum absolute atomic E-state index is 0.299. The van der Waals surface area contributed by atoms with Gasteiger partial charge in [0.2, 0.25) is 0 Å². The van der Waals surface area contributed by atoms with Gasteiger partial charge in [0.15, 0.2) is 5.82 Å². The highest BCUT2D eigenvalue weighted by atomic mass is 19.1. The number of nitrogens with one attached hydrogen (secondary N) is 1. The molecule has 0 radical (unpaired) electrons. The molecule has 0 aliphatic carbocycles. The van der Waals surface area contributed by atoms with Crippen LogP contribution in [0.1, 0.15) is 5.56 Å². The first kappa shape index (κ1) is 12.5. The minimum atomic E-state index is -0.299. The molecule has 3 rings (SSSR count). The molecule has 0 amide bonds. The lowest BCUT2D eigenvalue weighted by molar-refractivity contribution is 0.304. The number of ether oxygens (including phenoxy) is 1. The van der Waals surface area contributed by atoms with Crippen molar-refractivity contribution in [3.8, 4) is 5.75 Å². The molecule has 2 aromatic carbocycles. The van der Waals surface area contributed by atoms with Gasteiger partial charge in [0.25, 0.3) is 0 Å². The summed E-state index contributed by atoms with van der Waals surface area (Å²) in [6.45, 7) is 1.09. The average molecular weight is 270 g/mol. The van der Waals surface area contributed by atoms with Crippen LogP contribution in [0.5, 0.6) is 5.75 Å². The molecule has 20 heavy (non-hydrogen) atoms. The van der Waals surface area contributed by atoms with Crippen LogP contribution >= 0.6 is 0 Å². The molecule has 0 fully saturated rings. The van der Waals surface area contributed by atoms with Crippen LogP contribution in [0, 0.1) is 5.82 Å². The summed E-state index contributed by atoms with van der Waals surface area (Å²) in [5.74, 6) is 0.231. The monoisotopic (exact) mass is 270 g/mol. The van der Waals surface area contributed by atoms with Gasteiger partial charge >= 0.3 is 0 Å². The maximum absolute atomic E-state index is 14.0. The zero-order valence-corrected chi connectivity index (χ0v) is 10.9. The Balaban J connectivity index is 1.67. The first-order valence-electron chi connectivity index (χ1n) is 6.48. The Morgan fingerprint density at radius 2 is 2.00 bits per heavy atom. The van der Waals surface area contributed by atoms with Gasteiger partial charge in [-0.1, -0.05) is 30.3 Å². The molecule has 0 spiro atoms. The van der Waals surface area contributed by atoms with Crippen LogP contribution in [-0.4, -0.2) is 6.54 Å². The third kappa shape index (κ3) is 2.74. The van der Waals surface area contributed by atoms with Crippen LogP contribution in [0.15, 0.2) is 60.8 Å². The van der Waals surface area contributed by atoms with Crippen LogP contribution in [0.4, 0.5) is 10.1 Å². The Kier molecular flexibility index (Phi) is 3.54. The fraction of sp³-hybridized carbons (Fsp3) is 0.125. The van der Waals surface area contributed by atoms with E-state index >= 15 is 0 Å². The Morgan fingerprint density at radius 1 is 1.15 bits per heavy atom. The zero-order valence-electron chi connectivity index (χ0n) is 10.9. The molecule has 0 aromatic heterocycles. The van der Waals surface area contributed by atoms with Crippen molar-refractivity contribution in [3.05, 3.63) is 72.2 Å². The van der Waals surface area contributed by atoms with Gasteiger partial charge in [-0.05, 0) is 23.8 Å². The number of nitrogens with zero attached hydrogens (tertiary/aromatic N) is 1. The fourth-order valence-corrected chi connectivity index (χ4v) is 2.06. The van der Waals surface area contributed by atoms with E-state index < -0.39 is 0 Å². The molecule has 1 N–H and O–H groups in total. The standard InChI is InChI=1S/C16H15FN2O/c17-15-11-14(20-12-13-5-2-1-3-6-13)7-8-16(15)19-10-4-9-18-19/h1-9,11,18H,10,12H2. The Bertz CT molecular complexity index is 605. The topological polar surface area (TPSA) is 24.5 Å². The summed E-state index contributed by atoms with van der Waals surface area (Å²) in [6, 6.07) is 14.7. The normalized spacial score (nSPS) is 13.3. The second kappa shape index (κ2) is 5.65. The lowest BCUT2D eigenvalue weighted by Crippen LogP contribution is -2.30. The average Bonchev–Trinajstić information content (AvgIpc) is 3.00. The van der Waals surface area contributed by atoms with Crippen LogP contribution in [0.25, 0.3) is 0 Å². The molecular weight excluding hydrogens is 255 g/mol. The van der Waals surface area contributed by atoms with Crippen molar-refractivity contribution in [3.63, 3.8) is 0 Å². The van der Waals surface area contributed by atoms with E-state index in [1.807, 2.05) is 36.4 Å². The first-order chi connectivity index (χ1) is 9.83. The van der Waals surface area contributed by atoms with Crippen molar-refractivity contribution >= 4 is 5.69 Å². The second-order valence-electron chi connectivity index (χ2n) is 4.53. The number of hydrogen-bond donors (Lipinski definition) is 1. The molecule has 102 valence electrons. The highest BCUT2D eigenvalue weighted by Gasteiger charge is 2.13. The summed E-state index contributed by atoms with van der Waals surface area (Å²) in [5, 5.41) is 1.73. The molecule has 3 nitrogen and oxygen atoms in total. The van der Waals surface area contributed by atoms with Crippen molar-refractivity contribution in [2.24, 2.45) is 0 Å². The highest BCUT2D eigenvalue weighted by molar-refractivity contribution is 5.51. The molecule has 0 unspecified atom stereocenters. The Labute approximate surface area is 117 Å². The van der Waals surface area contributed by atoms with Crippen molar-refractivity contribution in [1.29, 1.82) is 0 Å². The predicted molar refractivity (Wildman–Crippen MR) is 76.8 cm³/mol. The van der Waals surface area contributed by atoms with Crippen LogP contribution in [-0.2, 0) is 6.61 Å². The smallest absolute Gasteiger partial charge is 0.152 e. The third-order valence-electron chi connectivity index (χ3n) is 3.09. The van der Waals surface area contributed by atoms with E-state index in [0.29, 0.717) is 24.6 Å². The molecule has 0 saturated carbocycles. The van der Waals surface area contributed by atoms with E-state index in [0.717, 1.165) is 5.56 Å². The quantitative estimate of drug-likeness (QED) is 0.923. The predicted octanol–water partition coefficient (Wildman–Crippen LogP) is 3.24. The molecule has 1 heterocycles. The Morgan fingerprint density at radius 3 is 2.70 bits per heavy atom. The zero-order chi connectivity index (χ0) is 13.8. The summed E-state index contributed by atoms with van der Waals surface area (Å²) in [6.07, 6.45) is 3.72. The summed E-state index contributed by atoms with van der Waals surface area (Å²) in [5.41, 5.74) is 4.54. The molecule has 0 atom stereocenters. The SMILES string of the molecule is Fc1cc(OCc2ccccc2)ccc1N1CC=CN1. The molecular formula is C16H15FN2O. The molecule has 0 saturated heterocycles. The van der Waals surface area contributed by atoms with Gasteiger partial charge in [0.05, 0.1) is 12.2 Å². The minimum Gasteiger partial charge on any atom is -0.489 e. The molecule has 4 heteroatoms. The lowest BCUT2D eigenvalue weighted by Gasteiger charge is -2.19. The summed E-state index contributed by atoms with van der Waals surface area (Å²) in [7, 11) is 0. The molecule has 1 aliphatic rings. The number of anilines is 1. The number of rotatable bonds is 4. The second-order valence-corrected chi connectivity index (χ2v) is 4.53. The summed E-state index contributed by atoms with van der Waals surface area (Å²) in [4.78, 5) is 0. The van der Waals surface area contributed by atoms with Crippen molar-refractivity contribution in [1.82, 2.24) is 5.43 Å². The van der Waals surface area contributed by atoms with Crippen LogP contribution < -0.4 is 15.2 Å². The number of benzene rings is 2. The number of hydrogen-bond acceptors (Lipinski definition) is 3. The van der Waals surface area contributed by atoms with Gasteiger partial charge in [-0.3, -0.25) is 5.01 Å². The van der Waals surface area contributed by atoms with E-state index in [1.54, 1.807) is 23.3 Å². The van der Waals surface area contributed by atoms with Crippen LogP contribution in [0.3, 0.4) is 0 Å². The van der Waals surface area contributed by atoms with E-state index in [4.69, 9.17) is 4.74 Å². The molecule has 2 aromatic rings. The number of halogens is 1. The van der Waals surface area contributed by atoms with Gasteiger partial charge < -0.3 is 10.2 Å². The van der Waals surface area contributed by atoms with Gasteiger partial charge in [-0.25, -0.2) is 4.39 Å². The maximum atomic E-state index is 14.0. The number of hydrazine groups is 1. The summed E-state index contributed by atoms with van der Waals surface area (Å²) < 4.78 is 19.6. The van der Waals surface area contributed by atoms with E-state index in [-0.39, 0.29) is 5.82 Å². The van der Waals surface area contributed by atoms with E-state index in [9.17, 15) is 4.39 Å². The Hall–Kier alpha value is -2.49. The van der Waals surface area contributed by atoms with E-state index in [2.05, 4.69) is 5.43 Å². The largest absolute Gasteiger partial charge is 0.489 e. The van der Waals surface area contributed by atoms with Gasteiger partial charge in [-0.15, -0.1) is 0 Å². The highest BCUT2D eigenvalue weighted by Crippen LogP contribution is 2.24. The van der Waals surface area contributed by atoms with Crippen LogP contribution in [0.2, 0.25) is 0 Å². The van der Waals surface area contributed by atoms with E-state index in [1.165, 1.54) is 6.07 Å². The first-order valence-corrected chi connectivity index (χ1v) is 6.48. The molecule has 1 aliphatic heterocycles. The van der Waals surface area contributed by atoms with Crippen molar-refractivity contribution in [2.75, 3.05) is 11.6 Å². The fourth-order valence-electron chi connectivity index (χ4n) is 2.06. The maximum Gasteiger partial charge on any atom is 0.152 e. The third-order valence-corrected chi connectivity index (χ3v) is 3.09. The lowest BCUT2D eigenvalue weighted by atomic mass is 10.2. The van der Waals surface area contributed by atoms with Gasteiger partial charge in [-0.2, -0.15) is 0 Å². The van der Waals surface area contributed by atoms with Crippen molar-refractivity contribution < 1.29 is 9.13 Å². The molecule has 0 bridgehead atoms. The van der Waals surface area contributed by atoms with Gasteiger partial charge in [0.1, 0.15) is 12.4 Å². The van der Waals surface area contributed by atoms with Gasteiger partial charge in [0, 0.05) is 12.3 Å². The summed E-state index contributed by atoms with van der Waals surface area (Å²) >= 11 is 0. The van der Waals surface area contributed by atoms with Crippen molar-refractivity contribution in [2.45, 2.75) is 6.61 Å².